The first kappa shape index (κ1) is 12.6. The van der Waals surface area contributed by atoms with Gasteiger partial charge < -0.3 is 5.32 Å². The largest absolute Gasteiger partial charge is 0.313 e. The number of thiophene rings is 1. The van der Waals surface area contributed by atoms with E-state index < -0.39 is 0 Å². The molecule has 1 N–H and O–H groups in total. The maximum absolute atomic E-state index is 3.73. The average Bonchev–Trinajstić information content (AvgIpc) is 3.02. The van der Waals surface area contributed by atoms with Gasteiger partial charge in [-0.1, -0.05) is 13.3 Å². The summed E-state index contributed by atoms with van der Waals surface area (Å²) in [6, 6.07) is 5.15. The molecule has 1 heterocycles. The van der Waals surface area contributed by atoms with Gasteiger partial charge in [0.15, 0.2) is 0 Å². The van der Waals surface area contributed by atoms with E-state index in [2.05, 4.69) is 40.3 Å². The highest BCUT2D eigenvalue weighted by Gasteiger charge is 2.29. The summed E-state index contributed by atoms with van der Waals surface area (Å²) in [5.41, 5.74) is 0. The van der Waals surface area contributed by atoms with Crippen LogP contribution in [0.15, 0.2) is 15.9 Å². The van der Waals surface area contributed by atoms with E-state index in [9.17, 15) is 0 Å². The van der Waals surface area contributed by atoms with Crippen molar-refractivity contribution in [1.82, 2.24) is 5.32 Å². The second-order valence-electron chi connectivity index (χ2n) is 4.64. The highest BCUT2D eigenvalue weighted by molar-refractivity contribution is 9.11. The molecule has 1 saturated carbocycles. The van der Waals surface area contributed by atoms with Crippen molar-refractivity contribution in [2.24, 2.45) is 5.92 Å². The Morgan fingerprint density at radius 3 is 2.88 bits per heavy atom. The lowest BCUT2D eigenvalue weighted by atomic mass is 10.1. The van der Waals surface area contributed by atoms with Gasteiger partial charge in [-0.2, -0.15) is 0 Å². The van der Waals surface area contributed by atoms with Crippen LogP contribution in [0, 0.1) is 5.92 Å². The van der Waals surface area contributed by atoms with Crippen LogP contribution in [0.1, 0.15) is 37.5 Å². The Hall–Kier alpha value is 0.140. The molecule has 1 aromatic heterocycles. The molecule has 0 aliphatic heterocycles. The van der Waals surface area contributed by atoms with Crippen LogP contribution in [0.25, 0.3) is 0 Å². The highest BCUT2D eigenvalue weighted by atomic mass is 79.9. The Kier molecular flexibility index (Phi) is 4.86. The van der Waals surface area contributed by atoms with Crippen LogP contribution in [0.5, 0.6) is 0 Å². The Bertz CT molecular complexity index is 319. The number of hydrogen-bond acceptors (Lipinski definition) is 2. The summed E-state index contributed by atoms with van der Waals surface area (Å²) in [4.78, 5) is 1.48. The summed E-state index contributed by atoms with van der Waals surface area (Å²) in [7, 11) is 0. The Morgan fingerprint density at radius 1 is 1.50 bits per heavy atom. The molecular formula is C13H20BrNS. The smallest absolute Gasteiger partial charge is 0.0701 e. The molecule has 0 radical (unpaired) electrons. The van der Waals surface area contributed by atoms with E-state index in [0.717, 1.165) is 18.5 Å². The van der Waals surface area contributed by atoms with Crippen molar-refractivity contribution in [3.05, 3.63) is 20.8 Å². The monoisotopic (exact) mass is 301 g/mol. The number of halogens is 1. The summed E-state index contributed by atoms with van der Waals surface area (Å²) in [5.74, 6) is 0.982. The molecule has 1 aliphatic rings. The third-order valence-corrected chi connectivity index (χ3v) is 4.88. The average molecular weight is 302 g/mol. The Morgan fingerprint density at radius 2 is 2.31 bits per heavy atom. The van der Waals surface area contributed by atoms with Crippen LogP contribution >= 0.6 is 27.3 Å². The molecule has 1 nitrogen and oxygen atoms in total. The van der Waals surface area contributed by atoms with Gasteiger partial charge in [0.05, 0.1) is 3.79 Å². The highest BCUT2D eigenvalue weighted by Crippen LogP contribution is 2.34. The molecule has 3 heteroatoms. The molecule has 0 saturated heterocycles. The van der Waals surface area contributed by atoms with Gasteiger partial charge in [-0.3, -0.25) is 0 Å². The van der Waals surface area contributed by atoms with Crippen molar-refractivity contribution in [2.45, 2.75) is 45.1 Å². The molecule has 1 fully saturated rings. The summed E-state index contributed by atoms with van der Waals surface area (Å²) in [5, 5.41) is 3.73. The van der Waals surface area contributed by atoms with Crippen LogP contribution < -0.4 is 5.32 Å². The molecular weight excluding hydrogens is 282 g/mol. The van der Waals surface area contributed by atoms with Crippen LogP contribution in [-0.2, 0) is 6.42 Å². The Balaban J connectivity index is 1.69. The maximum Gasteiger partial charge on any atom is 0.0701 e. The summed E-state index contributed by atoms with van der Waals surface area (Å²) in [6.07, 6.45) is 6.71. The molecule has 0 amide bonds. The summed E-state index contributed by atoms with van der Waals surface area (Å²) >= 11 is 5.36. The summed E-state index contributed by atoms with van der Waals surface area (Å²) < 4.78 is 1.25. The molecule has 90 valence electrons. The number of hydrogen-bond donors (Lipinski definition) is 1. The lowest BCUT2D eigenvalue weighted by molar-refractivity contribution is 0.434. The zero-order valence-corrected chi connectivity index (χ0v) is 12.2. The fraction of sp³-hybridized carbons (Fsp3) is 0.692. The fourth-order valence-electron chi connectivity index (χ4n) is 2.18. The second-order valence-corrected chi connectivity index (χ2v) is 7.19. The summed E-state index contributed by atoms with van der Waals surface area (Å²) in [6.45, 7) is 3.42. The minimum Gasteiger partial charge on any atom is -0.313 e. The van der Waals surface area contributed by atoms with Crippen LogP contribution in [0.4, 0.5) is 0 Å². The molecule has 2 rings (SSSR count). The van der Waals surface area contributed by atoms with Crippen molar-refractivity contribution in [2.75, 3.05) is 6.54 Å². The van der Waals surface area contributed by atoms with Gasteiger partial charge in [0.25, 0.3) is 0 Å². The lowest BCUT2D eigenvalue weighted by Gasteiger charge is -2.16. The standard InChI is InChI=1S/C13H20BrNS/c1-2-3-12(10-4-5-10)15-9-8-11-6-7-13(14)16-11/h6-7,10,12,15H,2-5,8-9H2,1H3. The molecule has 1 aromatic rings. The molecule has 0 spiro atoms. The van der Waals surface area contributed by atoms with Crippen molar-refractivity contribution >= 4 is 27.3 Å². The van der Waals surface area contributed by atoms with Crippen molar-refractivity contribution in [3.8, 4) is 0 Å². The zero-order valence-electron chi connectivity index (χ0n) is 9.84. The van der Waals surface area contributed by atoms with Crippen LogP contribution in [0.2, 0.25) is 0 Å². The van der Waals surface area contributed by atoms with Gasteiger partial charge in [-0.15, -0.1) is 11.3 Å². The molecule has 16 heavy (non-hydrogen) atoms. The predicted molar refractivity (Wildman–Crippen MR) is 75.1 cm³/mol. The SMILES string of the molecule is CCCC(NCCc1ccc(Br)s1)C1CC1. The van der Waals surface area contributed by atoms with E-state index in [4.69, 9.17) is 0 Å². The minimum absolute atomic E-state index is 0.786. The van der Waals surface area contributed by atoms with Crippen molar-refractivity contribution in [3.63, 3.8) is 0 Å². The second kappa shape index (κ2) is 6.18. The first-order valence-electron chi connectivity index (χ1n) is 6.27. The van der Waals surface area contributed by atoms with E-state index in [0.29, 0.717) is 0 Å². The van der Waals surface area contributed by atoms with Crippen molar-refractivity contribution < 1.29 is 0 Å². The zero-order chi connectivity index (χ0) is 11.4. The lowest BCUT2D eigenvalue weighted by Crippen LogP contribution is -2.32. The van der Waals surface area contributed by atoms with E-state index in [1.54, 1.807) is 0 Å². The van der Waals surface area contributed by atoms with Crippen LogP contribution in [-0.4, -0.2) is 12.6 Å². The first-order chi connectivity index (χ1) is 7.79. The predicted octanol–water partition coefficient (Wildman–Crippen LogP) is 4.22. The third kappa shape index (κ3) is 3.86. The van der Waals surface area contributed by atoms with Gasteiger partial charge in [0.2, 0.25) is 0 Å². The fourth-order valence-corrected chi connectivity index (χ4v) is 3.66. The van der Waals surface area contributed by atoms with E-state index in [-0.39, 0.29) is 0 Å². The Labute approximate surface area is 111 Å². The van der Waals surface area contributed by atoms with Gasteiger partial charge in [-0.25, -0.2) is 0 Å². The topological polar surface area (TPSA) is 12.0 Å². The van der Waals surface area contributed by atoms with Gasteiger partial charge in [0.1, 0.15) is 0 Å². The van der Waals surface area contributed by atoms with E-state index >= 15 is 0 Å². The third-order valence-electron chi connectivity index (χ3n) is 3.20. The quantitative estimate of drug-likeness (QED) is 0.795. The molecule has 1 unspecified atom stereocenters. The molecule has 1 atom stereocenters. The number of nitrogens with one attached hydrogen (secondary N) is 1. The van der Waals surface area contributed by atoms with Gasteiger partial charge in [-0.05, 0) is 59.7 Å². The van der Waals surface area contributed by atoms with Crippen molar-refractivity contribution in [1.29, 1.82) is 0 Å². The molecule has 0 bridgehead atoms. The van der Waals surface area contributed by atoms with Gasteiger partial charge in [0, 0.05) is 17.5 Å². The minimum atomic E-state index is 0.786. The normalized spacial score (nSPS) is 17.6. The van der Waals surface area contributed by atoms with Gasteiger partial charge >= 0.3 is 0 Å². The van der Waals surface area contributed by atoms with E-state index in [1.807, 2.05) is 11.3 Å². The number of rotatable bonds is 7. The van der Waals surface area contributed by atoms with E-state index in [1.165, 1.54) is 40.8 Å². The molecule has 1 aliphatic carbocycles. The van der Waals surface area contributed by atoms with Crippen LogP contribution in [0.3, 0.4) is 0 Å². The first-order valence-corrected chi connectivity index (χ1v) is 7.88. The molecule has 0 aromatic carbocycles. The maximum atomic E-state index is 3.73.